The molecule has 0 radical (unpaired) electrons. The molecule has 3 heterocycles. The summed E-state index contributed by atoms with van der Waals surface area (Å²) in [4.78, 5) is 37.7. The van der Waals surface area contributed by atoms with Gasteiger partial charge in [-0.05, 0) is 37.5 Å². The van der Waals surface area contributed by atoms with E-state index in [-0.39, 0.29) is 11.3 Å². The molecule has 0 bridgehead atoms. The number of hydroxylamine groups is 1. The Kier molecular flexibility index (Phi) is 4.89. The average Bonchev–Trinajstić information content (AvgIpc) is 3.13. The number of fused-ring (bicyclic) bond motifs is 3. The van der Waals surface area contributed by atoms with Gasteiger partial charge in [0.1, 0.15) is 17.1 Å². The number of carbonyl (C=O) groups excluding carboxylic acids is 2. The number of carbonyl (C=O) groups is 2. The van der Waals surface area contributed by atoms with E-state index < -0.39 is 18.0 Å². The maximum atomic E-state index is 12.6. The second-order valence-electron chi connectivity index (χ2n) is 6.70. The molecule has 3 aliphatic rings. The number of likely N-dealkylation sites (tertiary alicyclic amines) is 1. The molecule has 28 heavy (non-hydrogen) atoms. The van der Waals surface area contributed by atoms with Gasteiger partial charge in [-0.1, -0.05) is 11.6 Å². The summed E-state index contributed by atoms with van der Waals surface area (Å²) < 4.78 is 9.77. The predicted octanol–water partition coefficient (Wildman–Crippen LogP) is 2.59. The summed E-state index contributed by atoms with van der Waals surface area (Å²) in [5, 5.41) is 1.99. The molecule has 0 aromatic heterocycles. The molecule has 0 spiro atoms. The van der Waals surface area contributed by atoms with Crippen molar-refractivity contribution >= 4 is 40.7 Å². The van der Waals surface area contributed by atoms with Crippen LogP contribution >= 0.6 is 11.6 Å². The second kappa shape index (κ2) is 7.35. The largest absolute Gasteiger partial charge is 0.465 e. The van der Waals surface area contributed by atoms with Gasteiger partial charge in [0.2, 0.25) is 0 Å². The minimum absolute atomic E-state index is 0.0734. The topological polar surface area (TPSA) is 80.7 Å². The van der Waals surface area contributed by atoms with Crippen LogP contribution in [0.3, 0.4) is 0 Å². The Morgan fingerprint density at radius 3 is 2.54 bits per heavy atom. The van der Waals surface area contributed by atoms with Gasteiger partial charge >= 0.3 is 11.9 Å². The summed E-state index contributed by atoms with van der Waals surface area (Å²) in [6, 6.07) is 4.50. The van der Waals surface area contributed by atoms with Crippen molar-refractivity contribution < 1.29 is 23.9 Å². The molecule has 0 amide bonds. The van der Waals surface area contributed by atoms with Crippen LogP contribution in [0.15, 0.2) is 34.5 Å². The van der Waals surface area contributed by atoms with Gasteiger partial charge < -0.3 is 19.2 Å². The van der Waals surface area contributed by atoms with E-state index in [9.17, 15) is 9.59 Å². The zero-order valence-corrected chi connectivity index (χ0v) is 16.4. The third-order valence-electron chi connectivity index (χ3n) is 5.05. The summed E-state index contributed by atoms with van der Waals surface area (Å²) in [5.74, 6) is -0.967. The molecule has 1 atom stereocenters. The van der Waals surface area contributed by atoms with Crippen LogP contribution in [0.5, 0.6) is 0 Å². The van der Waals surface area contributed by atoms with Crippen molar-refractivity contribution in [3.63, 3.8) is 0 Å². The Balaban J connectivity index is 1.88. The molecule has 1 fully saturated rings. The Hall–Kier alpha value is -2.74. The van der Waals surface area contributed by atoms with Gasteiger partial charge in [-0.2, -0.15) is 5.06 Å². The number of amidine groups is 1. The SMILES string of the molecule is COC(=O)C1=C(C(=O)OC)C2C(N3CCCCC3)=Nc3ccc(Cl)cc3N2O1. The van der Waals surface area contributed by atoms with E-state index in [4.69, 9.17) is 30.9 Å². The standard InChI is InChI=1S/C19H20ClN3O5/c1-26-18(24)14-15-17(22-8-4-3-5-9-22)21-12-7-6-11(20)10-13(12)23(15)28-16(14)19(25)27-2/h6-7,10,15H,3-5,8-9H2,1-2H3. The monoisotopic (exact) mass is 405 g/mol. The molecule has 9 heteroatoms. The van der Waals surface area contributed by atoms with E-state index in [0.29, 0.717) is 22.2 Å². The van der Waals surface area contributed by atoms with Crippen molar-refractivity contribution in [2.45, 2.75) is 25.3 Å². The number of ether oxygens (including phenoxy) is 2. The van der Waals surface area contributed by atoms with E-state index in [1.807, 2.05) is 0 Å². The zero-order chi connectivity index (χ0) is 19.8. The molecule has 4 rings (SSSR count). The highest BCUT2D eigenvalue weighted by Crippen LogP contribution is 2.44. The number of nitrogens with zero attached hydrogens (tertiary/aromatic N) is 3. The molecule has 8 nitrogen and oxygen atoms in total. The lowest BCUT2D eigenvalue weighted by atomic mass is 10.00. The predicted molar refractivity (Wildman–Crippen MR) is 102 cm³/mol. The number of hydrogen-bond acceptors (Lipinski definition) is 8. The van der Waals surface area contributed by atoms with Crippen LogP contribution in [0.4, 0.5) is 11.4 Å². The van der Waals surface area contributed by atoms with Crippen molar-refractivity contribution in [2.75, 3.05) is 32.4 Å². The Bertz CT molecular complexity index is 892. The third kappa shape index (κ3) is 2.97. The Labute approximate surface area is 167 Å². The molecular formula is C19H20ClN3O5. The lowest BCUT2D eigenvalue weighted by Gasteiger charge is -2.38. The number of benzene rings is 1. The number of halogens is 1. The van der Waals surface area contributed by atoms with Crippen LogP contribution in [0.1, 0.15) is 19.3 Å². The summed E-state index contributed by atoms with van der Waals surface area (Å²) in [5.41, 5.74) is 1.29. The number of anilines is 1. The molecule has 0 N–H and O–H groups in total. The van der Waals surface area contributed by atoms with Crippen LogP contribution in [-0.4, -0.2) is 56.0 Å². The molecule has 148 valence electrons. The number of esters is 2. The van der Waals surface area contributed by atoms with Gasteiger partial charge in [0.05, 0.1) is 19.9 Å². The Morgan fingerprint density at radius 2 is 1.86 bits per heavy atom. The number of rotatable bonds is 2. The number of piperidine rings is 1. The average molecular weight is 406 g/mol. The van der Waals surface area contributed by atoms with Crippen molar-refractivity contribution in [1.82, 2.24) is 4.90 Å². The van der Waals surface area contributed by atoms with Gasteiger partial charge in [0, 0.05) is 18.1 Å². The van der Waals surface area contributed by atoms with E-state index in [1.165, 1.54) is 19.3 Å². The maximum Gasteiger partial charge on any atom is 0.377 e. The highest BCUT2D eigenvalue weighted by molar-refractivity contribution is 6.31. The normalized spacial score (nSPS) is 20.8. The van der Waals surface area contributed by atoms with Gasteiger partial charge in [0.25, 0.3) is 5.76 Å². The third-order valence-corrected chi connectivity index (χ3v) is 5.29. The smallest absolute Gasteiger partial charge is 0.377 e. The van der Waals surface area contributed by atoms with Crippen LogP contribution in [0, 0.1) is 0 Å². The first kappa shape index (κ1) is 18.6. The maximum absolute atomic E-state index is 12.6. The minimum atomic E-state index is -0.753. The van der Waals surface area contributed by atoms with Gasteiger partial charge in [0.15, 0.2) is 6.04 Å². The number of aliphatic imine (C=N–C) groups is 1. The first-order chi connectivity index (χ1) is 13.5. The summed E-state index contributed by atoms with van der Waals surface area (Å²) >= 11 is 6.17. The lowest BCUT2D eigenvalue weighted by molar-refractivity contribution is -0.141. The van der Waals surface area contributed by atoms with Crippen LogP contribution < -0.4 is 5.06 Å². The van der Waals surface area contributed by atoms with Gasteiger partial charge in [-0.3, -0.25) is 0 Å². The van der Waals surface area contributed by atoms with Crippen LogP contribution in [-0.2, 0) is 23.9 Å². The summed E-state index contributed by atoms with van der Waals surface area (Å²) in [7, 11) is 2.49. The highest BCUT2D eigenvalue weighted by atomic mass is 35.5. The first-order valence-electron chi connectivity index (χ1n) is 9.06. The summed E-state index contributed by atoms with van der Waals surface area (Å²) in [6.07, 6.45) is 3.20. The highest BCUT2D eigenvalue weighted by Gasteiger charge is 2.50. The Morgan fingerprint density at radius 1 is 1.14 bits per heavy atom. The van der Waals surface area contributed by atoms with Crippen molar-refractivity contribution in [2.24, 2.45) is 4.99 Å². The van der Waals surface area contributed by atoms with Crippen molar-refractivity contribution in [3.05, 3.63) is 34.6 Å². The molecule has 1 aromatic rings. The molecule has 1 saturated heterocycles. The van der Waals surface area contributed by atoms with E-state index >= 15 is 0 Å². The minimum Gasteiger partial charge on any atom is -0.465 e. The molecule has 0 saturated carbocycles. The van der Waals surface area contributed by atoms with E-state index in [2.05, 4.69) is 4.90 Å². The van der Waals surface area contributed by atoms with E-state index in [1.54, 1.807) is 18.2 Å². The number of methoxy groups -OCH3 is 2. The van der Waals surface area contributed by atoms with Crippen LogP contribution in [0.2, 0.25) is 5.02 Å². The lowest BCUT2D eigenvalue weighted by Crippen LogP contribution is -2.51. The van der Waals surface area contributed by atoms with Gasteiger partial charge in [-0.25, -0.2) is 14.6 Å². The molecule has 0 aliphatic carbocycles. The molecular weight excluding hydrogens is 386 g/mol. The van der Waals surface area contributed by atoms with Crippen LogP contribution in [0.25, 0.3) is 0 Å². The first-order valence-corrected chi connectivity index (χ1v) is 9.44. The fourth-order valence-corrected chi connectivity index (χ4v) is 3.90. The molecule has 3 aliphatic heterocycles. The molecule has 1 unspecified atom stereocenters. The second-order valence-corrected chi connectivity index (χ2v) is 7.13. The quantitative estimate of drug-likeness (QED) is 0.699. The zero-order valence-electron chi connectivity index (χ0n) is 15.6. The fraction of sp³-hybridized carbons (Fsp3) is 0.421. The van der Waals surface area contributed by atoms with Crippen molar-refractivity contribution in [3.8, 4) is 0 Å². The van der Waals surface area contributed by atoms with Crippen molar-refractivity contribution in [1.29, 1.82) is 0 Å². The molecule has 1 aromatic carbocycles. The van der Waals surface area contributed by atoms with Gasteiger partial charge in [-0.15, -0.1) is 0 Å². The fourth-order valence-electron chi connectivity index (χ4n) is 3.74. The number of hydrogen-bond donors (Lipinski definition) is 0. The van der Waals surface area contributed by atoms with E-state index in [0.717, 1.165) is 32.4 Å². The summed E-state index contributed by atoms with van der Waals surface area (Å²) in [6.45, 7) is 1.63.